The van der Waals surface area contributed by atoms with Gasteiger partial charge in [0.05, 0.1) is 25.3 Å². The molecule has 0 spiro atoms. The van der Waals surface area contributed by atoms with Crippen LogP contribution in [0.5, 0.6) is 0 Å². The molecule has 0 atom stereocenters. The van der Waals surface area contributed by atoms with Crippen LogP contribution < -0.4 is 0 Å². The summed E-state index contributed by atoms with van der Waals surface area (Å²) < 4.78 is 5.30. The van der Waals surface area contributed by atoms with Crippen LogP contribution >= 0.6 is 11.8 Å². The van der Waals surface area contributed by atoms with Crippen LogP contribution in [0.4, 0.5) is 0 Å². The van der Waals surface area contributed by atoms with Gasteiger partial charge in [0.25, 0.3) is 0 Å². The molecule has 23 heavy (non-hydrogen) atoms. The number of furan rings is 1. The zero-order chi connectivity index (χ0) is 16.5. The minimum Gasteiger partial charge on any atom is -0.467 e. The lowest BCUT2D eigenvalue weighted by atomic mass is 10.2. The fourth-order valence-electron chi connectivity index (χ4n) is 2.12. The van der Waals surface area contributed by atoms with E-state index < -0.39 is 0 Å². The van der Waals surface area contributed by atoms with Crippen molar-refractivity contribution < 1.29 is 9.21 Å². The molecule has 0 aliphatic carbocycles. The number of rotatable bonds is 8. The Morgan fingerprint density at radius 1 is 1.30 bits per heavy atom. The number of aryl methyl sites for hydroxylation is 1. The first-order valence-corrected chi connectivity index (χ1v) is 8.54. The van der Waals surface area contributed by atoms with Gasteiger partial charge in [-0.25, -0.2) is 0 Å². The monoisotopic (exact) mass is 328 g/mol. The van der Waals surface area contributed by atoms with E-state index in [1.54, 1.807) is 29.0 Å². The van der Waals surface area contributed by atoms with Crippen molar-refractivity contribution in [2.45, 2.75) is 31.2 Å². The molecule has 0 radical (unpaired) electrons. The first-order valence-electron chi connectivity index (χ1n) is 7.55. The molecule has 0 aliphatic heterocycles. The molecule has 0 N–H and O–H groups in total. The third kappa shape index (κ3) is 5.84. The van der Waals surface area contributed by atoms with Crippen LogP contribution in [0.3, 0.4) is 0 Å². The summed E-state index contributed by atoms with van der Waals surface area (Å²) in [5.74, 6) is 1.52. The summed E-state index contributed by atoms with van der Waals surface area (Å²) >= 11 is 1.67. The van der Waals surface area contributed by atoms with E-state index in [4.69, 9.17) is 9.68 Å². The Hall–Kier alpha value is -2.19. The maximum atomic E-state index is 12.4. The molecule has 5 heteroatoms. The molecule has 0 bridgehead atoms. The van der Waals surface area contributed by atoms with Crippen LogP contribution in [-0.2, 0) is 11.3 Å². The van der Waals surface area contributed by atoms with Gasteiger partial charge in [-0.1, -0.05) is 17.7 Å². The minimum atomic E-state index is 0.0521. The van der Waals surface area contributed by atoms with Crippen LogP contribution in [0.25, 0.3) is 0 Å². The number of amides is 1. The standard InChI is InChI=1S/C18H20N2O2S/c1-15-5-7-17(8-6-15)23-13-9-18(21)20(11-3-10-19)14-16-4-2-12-22-16/h2,4-8,12H,3,9,11,13-14H2,1H3. The van der Waals surface area contributed by atoms with Gasteiger partial charge in [0.15, 0.2) is 0 Å². The van der Waals surface area contributed by atoms with Crippen molar-refractivity contribution in [3.05, 3.63) is 54.0 Å². The first kappa shape index (κ1) is 17.2. The van der Waals surface area contributed by atoms with E-state index in [2.05, 4.69) is 37.3 Å². The van der Waals surface area contributed by atoms with E-state index in [9.17, 15) is 4.79 Å². The molecule has 1 amide bonds. The number of carbonyl (C=O) groups excluding carboxylic acids is 1. The third-order valence-electron chi connectivity index (χ3n) is 3.38. The molecule has 0 aliphatic rings. The highest BCUT2D eigenvalue weighted by molar-refractivity contribution is 7.99. The SMILES string of the molecule is Cc1ccc(SCCC(=O)N(CCC#N)Cc2ccco2)cc1. The van der Waals surface area contributed by atoms with Crippen molar-refractivity contribution in [1.29, 1.82) is 5.26 Å². The second-order valence-corrected chi connectivity index (χ2v) is 6.38. The number of hydrogen-bond donors (Lipinski definition) is 0. The molecule has 4 nitrogen and oxygen atoms in total. The van der Waals surface area contributed by atoms with Crippen LogP contribution in [-0.4, -0.2) is 23.1 Å². The zero-order valence-corrected chi connectivity index (χ0v) is 14.0. The summed E-state index contributed by atoms with van der Waals surface area (Å²) in [4.78, 5) is 15.2. The molecule has 0 saturated heterocycles. The second-order valence-electron chi connectivity index (χ2n) is 5.21. The third-order valence-corrected chi connectivity index (χ3v) is 4.39. The molecular formula is C18H20N2O2S. The number of nitrogens with zero attached hydrogens (tertiary/aromatic N) is 2. The lowest BCUT2D eigenvalue weighted by Gasteiger charge is -2.20. The Kier molecular flexibility index (Phi) is 6.76. The van der Waals surface area contributed by atoms with Crippen molar-refractivity contribution in [2.24, 2.45) is 0 Å². The van der Waals surface area contributed by atoms with Crippen molar-refractivity contribution in [3.8, 4) is 6.07 Å². The van der Waals surface area contributed by atoms with Gasteiger partial charge in [0.2, 0.25) is 5.91 Å². The van der Waals surface area contributed by atoms with E-state index in [1.807, 2.05) is 6.07 Å². The smallest absolute Gasteiger partial charge is 0.223 e. The summed E-state index contributed by atoms with van der Waals surface area (Å²) in [5, 5.41) is 8.75. The molecule has 0 unspecified atom stereocenters. The summed E-state index contributed by atoms with van der Waals surface area (Å²) in [6.07, 6.45) is 2.37. The fourth-order valence-corrected chi connectivity index (χ4v) is 2.96. The van der Waals surface area contributed by atoms with E-state index in [0.717, 1.165) is 16.4 Å². The Bertz CT molecular complexity index is 645. The van der Waals surface area contributed by atoms with Gasteiger partial charge in [-0.3, -0.25) is 4.79 Å². The predicted molar refractivity (Wildman–Crippen MR) is 90.9 cm³/mol. The molecule has 2 aromatic rings. The number of hydrogen-bond acceptors (Lipinski definition) is 4. The van der Waals surface area contributed by atoms with Crippen LogP contribution in [0.1, 0.15) is 24.2 Å². The summed E-state index contributed by atoms with van der Waals surface area (Å²) in [5.41, 5.74) is 1.23. The Balaban J connectivity index is 1.84. The number of carbonyl (C=O) groups is 1. The van der Waals surface area contributed by atoms with E-state index in [-0.39, 0.29) is 5.91 Å². The first-order chi connectivity index (χ1) is 11.2. The van der Waals surface area contributed by atoms with E-state index in [1.165, 1.54) is 5.56 Å². The molecule has 1 aromatic heterocycles. The number of thioether (sulfide) groups is 1. The summed E-state index contributed by atoms with van der Waals surface area (Å²) in [6.45, 7) is 2.91. The Morgan fingerprint density at radius 2 is 2.09 bits per heavy atom. The lowest BCUT2D eigenvalue weighted by molar-refractivity contribution is -0.131. The highest BCUT2D eigenvalue weighted by atomic mass is 32.2. The van der Waals surface area contributed by atoms with Gasteiger partial charge in [-0.05, 0) is 31.2 Å². The molecule has 0 fully saturated rings. The predicted octanol–water partition coefficient (Wildman–Crippen LogP) is 4.01. The maximum absolute atomic E-state index is 12.4. The lowest BCUT2D eigenvalue weighted by Crippen LogP contribution is -2.31. The van der Waals surface area contributed by atoms with Gasteiger partial charge < -0.3 is 9.32 Å². The highest BCUT2D eigenvalue weighted by Gasteiger charge is 2.15. The molecule has 0 saturated carbocycles. The van der Waals surface area contributed by atoms with Gasteiger partial charge in [-0.2, -0.15) is 5.26 Å². The Morgan fingerprint density at radius 3 is 2.74 bits per heavy atom. The zero-order valence-electron chi connectivity index (χ0n) is 13.2. The van der Waals surface area contributed by atoms with Gasteiger partial charge in [0, 0.05) is 23.6 Å². The second kappa shape index (κ2) is 9.06. The van der Waals surface area contributed by atoms with Crippen LogP contribution in [0, 0.1) is 18.3 Å². The minimum absolute atomic E-state index is 0.0521. The van der Waals surface area contributed by atoms with Crippen molar-refractivity contribution in [1.82, 2.24) is 4.90 Å². The van der Waals surface area contributed by atoms with Gasteiger partial charge in [-0.15, -0.1) is 11.8 Å². The normalized spacial score (nSPS) is 10.3. The molecular weight excluding hydrogens is 308 g/mol. The largest absolute Gasteiger partial charge is 0.467 e. The molecule has 2 rings (SSSR count). The fraction of sp³-hybridized carbons (Fsp3) is 0.333. The highest BCUT2D eigenvalue weighted by Crippen LogP contribution is 2.19. The average Bonchev–Trinajstić information content (AvgIpc) is 3.06. The molecule has 1 heterocycles. The topological polar surface area (TPSA) is 57.2 Å². The van der Waals surface area contributed by atoms with Crippen LogP contribution in [0.2, 0.25) is 0 Å². The van der Waals surface area contributed by atoms with Crippen molar-refractivity contribution in [3.63, 3.8) is 0 Å². The molecule has 120 valence electrons. The maximum Gasteiger partial charge on any atom is 0.223 e. The van der Waals surface area contributed by atoms with E-state index in [0.29, 0.717) is 25.9 Å². The van der Waals surface area contributed by atoms with Crippen molar-refractivity contribution in [2.75, 3.05) is 12.3 Å². The number of benzene rings is 1. The Labute approximate surface area is 141 Å². The van der Waals surface area contributed by atoms with Crippen molar-refractivity contribution >= 4 is 17.7 Å². The van der Waals surface area contributed by atoms with E-state index >= 15 is 0 Å². The molecule has 1 aromatic carbocycles. The average molecular weight is 328 g/mol. The number of nitriles is 1. The summed E-state index contributed by atoms with van der Waals surface area (Å²) in [7, 11) is 0. The van der Waals surface area contributed by atoms with Gasteiger partial charge >= 0.3 is 0 Å². The summed E-state index contributed by atoms with van der Waals surface area (Å²) in [6, 6.07) is 14.0. The van der Waals surface area contributed by atoms with Crippen LogP contribution in [0.15, 0.2) is 52.0 Å². The quantitative estimate of drug-likeness (QED) is 0.687. The van der Waals surface area contributed by atoms with Gasteiger partial charge in [0.1, 0.15) is 5.76 Å².